The number of benzene rings is 3. The number of anilines is 1. The van der Waals surface area contributed by atoms with E-state index in [2.05, 4.69) is 27.9 Å². The predicted molar refractivity (Wildman–Crippen MR) is 141 cm³/mol. The van der Waals surface area contributed by atoms with Gasteiger partial charge in [0.25, 0.3) is 11.8 Å². The Kier molecular flexibility index (Phi) is 7.50. The Labute approximate surface area is 216 Å². The van der Waals surface area contributed by atoms with Crippen molar-refractivity contribution in [2.75, 3.05) is 11.5 Å². The molecule has 0 unspecified atom stereocenters. The Morgan fingerprint density at radius 1 is 0.971 bits per heavy atom. The fourth-order valence-corrected chi connectivity index (χ4v) is 4.33. The van der Waals surface area contributed by atoms with Crippen LogP contribution >= 0.6 is 22.6 Å². The van der Waals surface area contributed by atoms with Crippen molar-refractivity contribution >= 4 is 52.2 Å². The maximum Gasteiger partial charge on any atom is 0.335 e. The number of ether oxygens (including phenoxy) is 2. The molecule has 1 fully saturated rings. The van der Waals surface area contributed by atoms with Crippen LogP contribution < -0.4 is 19.7 Å². The maximum atomic E-state index is 13.1. The van der Waals surface area contributed by atoms with Gasteiger partial charge in [-0.3, -0.25) is 14.9 Å². The van der Waals surface area contributed by atoms with Gasteiger partial charge in [-0.1, -0.05) is 48.0 Å². The summed E-state index contributed by atoms with van der Waals surface area (Å²) in [5, 5.41) is 2.24. The summed E-state index contributed by atoms with van der Waals surface area (Å²) in [6, 6.07) is 19.2. The second kappa shape index (κ2) is 10.7. The van der Waals surface area contributed by atoms with Gasteiger partial charge in [0, 0.05) is 0 Å². The van der Waals surface area contributed by atoms with Gasteiger partial charge in [-0.2, -0.15) is 0 Å². The molecule has 1 aliphatic heterocycles. The standard InChI is InChI=1S/C27H23IN2O5/c1-3-34-23-15-19(14-22(28)24(23)35-16-18-11-9-17(2)10-12-18)13-21-25(31)29-27(33)30(26(21)32)20-7-5-4-6-8-20/h4-15H,3,16H2,1-2H3,(H,29,31,33)/b21-13+. The number of carbonyl (C=O) groups excluding carboxylic acids is 3. The van der Waals surface area contributed by atoms with Crippen LogP contribution in [0, 0.1) is 10.5 Å². The number of urea groups is 1. The lowest BCUT2D eigenvalue weighted by molar-refractivity contribution is -0.122. The second-order valence-electron chi connectivity index (χ2n) is 7.83. The lowest BCUT2D eigenvalue weighted by Crippen LogP contribution is -2.54. The monoisotopic (exact) mass is 582 g/mol. The van der Waals surface area contributed by atoms with E-state index in [-0.39, 0.29) is 5.57 Å². The number of rotatable bonds is 7. The van der Waals surface area contributed by atoms with Gasteiger partial charge in [0.1, 0.15) is 12.2 Å². The number of nitrogens with zero attached hydrogens (tertiary/aromatic N) is 1. The van der Waals surface area contributed by atoms with Crippen LogP contribution in [0.3, 0.4) is 0 Å². The normalized spacial score (nSPS) is 14.8. The first-order chi connectivity index (χ1) is 16.9. The van der Waals surface area contributed by atoms with Gasteiger partial charge in [-0.25, -0.2) is 9.69 Å². The van der Waals surface area contributed by atoms with Crippen LogP contribution in [0.2, 0.25) is 0 Å². The van der Waals surface area contributed by atoms with Gasteiger partial charge in [0.2, 0.25) is 0 Å². The Hall–Kier alpha value is -3.66. The molecule has 4 rings (SSSR count). The smallest absolute Gasteiger partial charge is 0.335 e. The van der Waals surface area contributed by atoms with E-state index in [0.29, 0.717) is 36.0 Å². The molecule has 1 aliphatic rings. The van der Waals surface area contributed by atoms with E-state index in [1.54, 1.807) is 42.5 Å². The number of hydrogen-bond acceptors (Lipinski definition) is 5. The molecule has 0 aliphatic carbocycles. The average molecular weight is 582 g/mol. The highest BCUT2D eigenvalue weighted by Gasteiger charge is 2.36. The maximum absolute atomic E-state index is 13.1. The van der Waals surface area contributed by atoms with Crippen LogP contribution in [0.5, 0.6) is 11.5 Å². The molecule has 0 aromatic heterocycles. The summed E-state index contributed by atoms with van der Waals surface area (Å²) in [6.07, 6.45) is 1.45. The van der Waals surface area contributed by atoms with Crippen LogP contribution in [0.1, 0.15) is 23.6 Å². The Balaban J connectivity index is 1.65. The minimum Gasteiger partial charge on any atom is -0.490 e. The first kappa shape index (κ1) is 24.5. The third kappa shape index (κ3) is 5.54. The van der Waals surface area contributed by atoms with E-state index >= 15 is 0 Å². The van der Waals surface area contributed by atoms with Crippen molar-refractivity contribution in [3.05, 3.63) is 92.6 Å². The number of halogens is 1. The lowest BCUT2D eigenvalue weighted by Gasteiger charge is -2.26. The van der Waals surface area contributed by atoms with E-state index in [1.165, 1.54) is 11.6 Å². The molecule has 0 radical (unpaired) electrons. The van der Waals surface area contributed by atoms with Crippen molar-refractivity contribution < 1.29 is 23.9 Å². The van der Waals surface area contributed by atoms with Gasteiger partial charge in [-0.15, -0.1) is 0 Å². The number of amides is 4. The highest BCUT2D eigenvalue weighted by Crippen LogP contribution is 2.36. The summed E-state index contributed by atoms with van der Waals surface area (Å²) in [5.41, 5.74) is 2.99. The minimum absolute atomic E-state index is 0.153. The van der Waals surface area contributed by atoms with Gasteiger partial charge in [0.15, 0.2) is 11.5 Å². The Morgan fingerprint density at radius 2 is 1.69 bits per heavy atom. The molecule has 0 spiro atoms. The number of carbonyl (C=O) groups is 3. The second-order valence-corrected chi connectivity index (χ2v) is 8.99. The molecule has 0 bridgehead atoms. The van der Waals surface area contributed by atoms with Crippen LogP contribution in [0.15, 0.2) is 72.3 Å². The van der Waals surface area contributed by atoms with Crippen molar-refractivity contribution in [2.45, 2.75) is 20.5 Å². The molecule has 8 heteroatoms. The highest BCUT2D eigenvalue weighted by atomic mass is 127. The molecule has 3 aromatic carbocycles. The zero-order chi connectivity index (χ0) is 24.9. The van der Waals surface area contributed by atoms with Crippen molar-refractivity contribution in [3.8, 4) is 11.5 Å². The third-order valence-electron chi connectivity index (χ3n) is 5.26. The molecule has 1 saturated heterocycles. The molecule has 7 nitrogen and oxygen atoms in total. The molecule has 35 heavy (non-hydrogen) atoms. The number of aryl methyl sites for hydroxylation is 1. The van der Waals surface area contributed by atoms with Crippen molar-refractivity contribution in [3.63, 3.8) is 0 Å². The number of nitrogens with one attached hydrogen (secondary N) is 1. The van der Waals surface area contributed by atoms with E-state index in [1.807, 2.05) is 38.1 Å². The number of para-hydroxylation sites is 1. The van der Waals surface area contributed by atoms with Crippen molar-refractivity contribution in [2.24, 2.45) is 0 Å². The van der Waals surface area contributed by atoms with Gasteiger partial charge in [0.05, 0.1) is 15.9 Å². The summed E-state index contributed by atoms with van der Waals surface area (Å²) in [5.74, 6) is -0.369. The quantitative estimate of drug-likeness (QED) is 0.234. The van der Waals surface area contributed by atoms with Crippen LogP contribution in [-0.2, 0) is 16.2 Å². The van der Waals surface area contributed by atoms with Crippen molar-refractivity contribution in [1.29, 1.82) is 0 Å². The first-order valence-corrected chi connectivity index (χ1v) is 12.1. The summed E-state index contributed by atoms with van der Waals surface area (Å²) < 4.78 is 12.6. The van der Waals surface area contributed by atoms with Crippen LogP contribution in [0.25, 0.3) is 6.08 Å². The minimum atomic E-state index is -0.784. The van der Waals surface area contributed by atoms with E-state index in [4.69, 9.17) is 9.47 Å². The molecule has 3 aromatic rings. The molecule has 0 saturated carbocycles. The summed E-state index contributed by atoms with van der Waals surface area (Å²) in [7, 11) is 0. The van der Waals surface area contributed by atoms with E-state index in [0.717, 1.165) is 14.0 Å². The average Bonchev–Trinajstić information content (AvgIpc) is 2.83. The molecule has 0 atom stereocenters. The Bertz CT molecular complexity index is 1300. The molecular formula is C27H23IN2O5. The zero-order valence-electron chi connectivity index (χ0n) is 19.2. The predicted octanol–water partition coefficient (Wildman–Crippen LogP) is 5.24. The molecule has 1 N–H and O–H groups in total. The largest absolute Gasteiger partial charge is 0.490 e. The molecule has 4 amide bonds. The topological polar surface area (TPSA) is 84.9 Å². The molecular weight excluding hydrogens is 559 g/mol. The summed E-state index contributed by atoms with van der Waals surface area (Å²) in [4.78, 5) is 39.0. The molecule has 1 heterocycles. The van der Waals surface area contributed by atoms with E-state index < -0.39 is 17.8 Å². The number of imide groups is 2. The fourth-order valence-electron chi connectivity index (χ4n) is 3.55. The Morgan fingerprint density at radius 3 is 2.37 bits per heavy atom. The SMILES string of the molecule is CCOc1cc(/C=C2\C(=O)NC(=O)N(c3ccccc3)C2=O)cc(I)c1OCc1ccc(C)cc1. The van der Waals surface area contributed by atoms with Crippen molar-refractivity contribution in [1.82, 2.24) is 5.32 Å². The van der Waals surface area contributed by atoms with Crippen LogP contribution in [-0.4, -0.2) is 24.5 Å². The number of hydrogen-bond donors (Lipinski definition) is 1. The molecule has 178 valence electrons. The third-order valence-corrected chi connectivity index (χ3v) is 6.06. The van der Waals surface area contributed by atoms with Gasteiger partial charge in [-0.05, 0) is 77.9 Å². The fraction of sp³-hybridized carbons (Fsp3) is 0.148. The lowest BCUT2D eigenvalue weighted by atomic mass is 10.1. The zero-order valence-corrected chi connectivity index (χ0v) is 21.4. The first-order valence-electron chi connectivity index (χ1n) is 11.0. The highest BCUT2D eigenvalue weighted by molar-refractivity contribution is 14.1. The summed E-state index contributed by atoms with van der Waals surface area (Å²) in [6.45, 7) is 4.67. The summed E-state index contributed by atoms with van der Waals surface area (Å²) >= 11 is 2.14. The van der Waals surface area contributed by atoms with Crippen LogP contribution in [0.4, 0.5) is 10.5 Å². The van der Waals surface area contributed by atoms with Gasteiger partial charge >= 0.3 is 6.03 Å². The van der Waals surface area contributed by atoms with Gasteiger partial charge < -0.3 is 9.47 Å². The van der Waals surface area contributed by atoms with E-state index in [9.17, 15) is 14.4 Å². The number of barbiturate groups is 1.